The fraction of sp³-hybridized carbons (Fsp3) is 0.182. The molecule has 8 heteroatoms. The third-order valence-corrected chi connectivity index (χ3v) is 6.50. The Bertz CT molecular complexity index is 1200. The lowest BCUT2D eigenvalue weighted by Crippen LogP contribution is -2.31. The van der Waals surface area contributed by atoms with Crippen molar-refractivity contribution in [1.29, 1.82) is 0 Å². The zero-order valence-electron chi connectivity index (χ0n) is 16.5. The first-order chi connectivity index (χ1) is 14.3. The van der Waals surface area contributed by atoms with Gasteiger partial charge in [-0.2, -0.15) is 0 Å². The first-order valence-corrected chi connectivity index (χ1v) is 10.4. The summed E-state index contributed by atoms with van der Waals surface area (Å²) in [4.78, 5) is 36.7. The Balaban J connectivity index is 1.90. The van der Waals surface area contributed by atoms with E-state index in [0.717, 1.165) is 10.6 Å². The molecule has 4 rings (SSSR count). The van der Waals surface area contributed by atoms with Gasteiger partial charge in [0.15, 0.2) is 5.76 Å². The summed E-state index contributed by atoms with van der Waals surface area (Å²) < 4.78 is 0. The van der Waals surface area contributed by atoms with Crippen molar-refractivity contribution in [2.24, 2.45) is 0 Å². The Morgan fingerprint density at radius 2 is 1.87 bits per heavy atom. The van der Waals surface area contributed by atoms with E-state index in [4.69, 9.17) is 11.6 Å². The molecule has 1 amide bonds. The highest BCUT2D eigenvalue weighted by Gasteiger charge is 2.45. The molecule has 0 bridgehead atoms. The number of aromatic nitrogens is 2. The van der Waals surface area contributed by atoms with Crippen molar-refractivity contribution in [3.8, 4) is 0 Å². The van der Waals surface area contributed by atoms with Crippen LogP contribution in [0.1, 0.15) is 37.5 Å². The van der Waals surface area contributed by atoms with Crippen LogP contribution in [0.4, 0.5) is 5.69 Å². The highest BCUT2D eigenvalue weighted by Crippen LogP contribution is 2.43. The molecule has 0 saturated carbocycles. The highest BCUT2D eigenvalue weighted by molar-refractivity contribution is 7.14. The van der Waals surface area contributed by atoms with Crippen molar-refractivity contribution in [3.63, 3.8) is 0 Å². The minimum atomic E-state index is -0.812. The van der Waals surface area contributed by atoms with Crippen molar-refractivity contribution in [1.82, 2.24) is 9.97 Å². The second kappa shape index (κ2) is 7.66. The maximum Gasteiger partial charge on any atom is 0.294 e. The number of aryl methyl sites for hydroxylation is 3. The van der Waals surface area contributed by atoms with Gasteiger partial charge >= 0.3 is 0 Å². The smallest absolute Gasteiger partial charge is 0.294 e. The van der Waals surface area contributed by atoms with Gasteiger partial charge in [-0.1, -0.05) is 17.7 Å². The summed E-state index contributed by atoms with van der Waals surface area (Å²) in [6.45, 7) is 5.41. The lowest BCUT2D eigenvalue weighted by molar-refractivity contribution is -0.117. The Hall–Kier alpha value is -3.03. The van der Waals surface area contributed by atoms with Gasteiger partial charge < -0.3 is 5.11 Å². The number of carbonyl (C=O) groups is 2. The first kappa shape index (κ1) is 20.3. The largest absolute Gasteiger partial charge is 0.503 e. The molecule has 0 radical (unpaired) electrons. The molecule has 2 aromatic heterocycles. The summed E-state index contributed by atoms with van der Waals surface area (Å²) in [7, 11) is 0. The molecule has 3 aromatic rings. The molecule has 1 atom stereocenters. The van der Waals surface area contributed by atoms with Crippen LogP contribution >= 0.6 is 22.9 Å². The quantitative estimate of drug-likeness (QED) is 0.584. The Labute approximate surface area is 182 Å². The number of halogens is 1. The van der Waals surface area contributed by atoms with E-state index in [0.29, 0.717) is 26.8 Å². The van der Waals surface area contributed by atoms with E-state index in [2.05, 4.69) is 9.97 Å². The van der Waals surface area contributed by atoms with E-state index in [1.807, 2.05) is 13.8 Å². The zero-order valence-corrected chi connectivity index (χ0v) is 18.1. The number of thiazole rings is 1. The van der Waals surface area contributed by atoms with Crippen LogP contribution in [-0.2, 0) is 4.79 Å². The van der Waals surface area contributed by atoms with Gasteiger partial charge in [0.05, 0.1) is 27.2 Å². The van der Waals surface area contributed by atoms with E-state index < -0.39 is 23.5 Å². The van der Waals surface area contributed by atoms with Crippen molar-refractivity contribution < 1.29 is 14.7 Å². The van der Waals surface area contributed by atoms with E-state index in [1.54, 1.807) is 49.6 Å². The first-order valence-electron chi connectivity index (χ1n) is 9.21. The zero-order chi connectivity index (χ0) is 21.6. The van der Waals surface area contributed by atoms with Gasteiger partial charge in [-0.15, -0.1) is 11.3 Å². The lowest BCUT2D eigenvalue weighted by Gasteiger charge is -2.27. The van der Waals surface area contributed by atoms with Crippen molar-refractivity contribution in [3.05, 3.63) is 85.8 Å². The average Bonchev–Trinajstić information content (AvgIpc) is 3.20. The van der Waals surface area contributed by atoms with Crippen LogP contribution in [0, 0.1) is 20.8 Å². The third kappa shape index (κ3) is 3.30. The monoisotopic (exact) mass is 439 g/mol. The van der Waals surface area contributed by atoms with Crippen LogP contribution in [0.3, 0.4) is 0 Å². The summed E-state index contributed by atoms with van der Waals surface area (Å²) in [5, 5.41) is 12.0. The van der Waals surface area contributed by atoms with Crippen LogP contribution in [0.2, 0.25) is 5.02 Å². The van der Waals surface area contributed by atoms with Gasteiger partial charge in [0, 0.05) is 23.1 Å². The number of hydrogen-bond acceptors (Lipinski definition) is 6. The number of benzene rings is 1. The van der Waals surface area contributed by atoms with Crippen molar-refractivity contribution >= 4 is 40.3 Å². The molecule has 0 aliphatic carbocycles. The standard InChI is InChI=1S/C22H18ClN3O3S/c1-11-4-5-15(10-16(11)23)26-18(14-6-8-24-9-7-14)17(20(28)22(26)29)19(27)21-12(2)25-13(3)30-21/h4-10,18,28H,1-3H3. The fourth-order valence-electron chi connectivity index (χ4n) is 3.56. The van der Waals surface area contributed by atoms with Gasteiger partial charge in [-0.25, -0.2) is 4.98 Å². The predicted molar refractivity (Wildman–Crippen MR) is 116 cm³/mol. The molecule has 6 nitrogen and oxygen atoms in total. The lowest BCUT2D eigenvalue weighted by atomic mass is 9.95. The molecular formula is C22H18ClN3O3S. The fourth-order valence-corrected chi connectivity index (χ4v) is 4.61. The molecule has 1 aliphatic rings. The SMILES string of the molecule is Cc1nc(C)c(C(=O)C2=C(O)C(=O)N(c3ccc(C)c(Cl)c3)C2c2ccncc2)s1. The summed E-state index contributed by atoms with van der Waals surface area (Å²) in [5.41, 5.74) is 2.59. The maximum absolute atomic E-state index is 13.5. The number of aliphatic hydroxyl groups excluding tert-OH is 1. The molecule has 30 heavy (non-hydrogen) atoms. The molecular weight excluding hydrogens is 422 g/mol. The Morgan fingerprint density at radius 1 is 1.17 bits per heavy atom. The van der Waals surface area contributed by atoms with E-state index in [1.165, 1.54) is 16.2 Å². The highest BCUT2D eigenvalue weighted by atomic mass is 35.5. The molecule has 1 unspecified atom stereocenters. The number of rotatable bonds is 4. The van der Waals surface area contributed by atoms with Crippen LogP contribution in [0.5, 0.6) is 0 Å². The summed E-state index contributed by atoms with van der Waals surface area (Å²) >= 11 is 7.53. The van der Waals surface area contributed by atoms with Gasteiger partial charge in [0.1, 0.15) is 0 Å². The topological polar surface area (TPSA) is 83.4 Å². The molecule has 1 N–H and O–H groups in total. The summed E-state index contributed by atoms with van der Waals surface area (Å²) in [6, 6.07) is 7.83. The minimum absolute atomic E-state index is 0.0228. The number of hydrogen-bond donors (Lipinski definition) is 1. The van der Waals surface area contributed by atoms with Gasteiger partial charge in [0.2, 0.25) is 5.78 Å². The normalized spacial score (nSPS) is 16.5. The number of Topliss-reactive ketones (excluding diaryl/α,β-unsaturated/α-hetero) is 1. The van der Waals surface area contributed by atoms with E-state index in [-0.39, 0.29) is 5.57 Å². The Morgan fingerprint density at radius 3 is 2.47 bits per heavy atom. The number of carbonyl (C=O) groups excluding carboxylic acids is 2. The number of aliphatic hydroxyl groups is 1. The third-order valence-electron chi connectivity index (χ3n) is 5.02. The summed E-state index contributed by atoms with van der Waals surface area (Å²) in [5.74, 6) is -1.63. The van der Waals surface area contributed by atoms with Crippen LogP contribution in [0.25, 0.3) is 0 Å². The second-order valence-electron chi connectivity index (χ2n) is 7.03. The average molecular weight is 440 g/mol. The van der Waals surface area contributed by atoms with Gasteiger partial charge in [-0.3, -0.25) is 19.5 Å². The van der Waals surface area contributed by atoms with Crippen LogP contribution < -0.4 is 4.90 Å². The molecule has 1 aromatic carbocycles. The molecule has 0 spiro atoms. The predicted octanol–water partition coefficient (Wildman–Crippen LogP) is 4.90. The molecule has 152 valence electrons. The second-order valence-corrected chi connectivity index (χ2v) is 8.64. The molecule has 0 saturated heterocycles. The summed E-state index contributed by atoms with van der Waals surface area (Å²) in [6.07, 6.45) is 3.17. The number of ketones is 1. The van der Waals surface area contributed by atoms with Gasteiger partial charge in [0.25, 0.3) is 5.91 Å². The molecule has 0 fully saturated rings. The van der Waals surface area contributed by atoms with Gasteiger partial charge in [-0.05, 0) is 56.2 Å². The van der Waals surface area contributed by atoms with Crippen molar-refractivity contribution in [2.45, 2.75) is 26.8 Å². The van der Waals surface area contributed by atoms with Crippen LogP contribution in [0.15, 0.2) is 54.1 Å². The van der Waals surface area contributed by atoms with Crippen molar-refractivity contribution in [2.75, 3.05) is 4.90 Å². The number of nitrogens with zero attached hydrogens (tertiary/aromatic N) is 3. The van der Waals surface area contributed by atoms with E-state index >= 15 is 0 Å². The minimum Gasteiger partial charge on any atom is -0.503 e. The number of anilines is 1. The van der Waals surface area contributed by atoms with E-state index in [9.17, 15) is 14.7 Å². The number of pyridine rings is 1. The number of amides is 1. The molecule has 1 aliphatic heterocycles. The maximum atomic E-state index is 13.5. The molecule has 3 heterocycles. The Kier molecular flexibility index (Phi) is 5.17. The van der Waals surface area contributed by atoms with Crippen LogP contribution in [-0.4, -0.2) is 26.8 Å².